The van der Waals surface area contributed by atoms with E-state index in [1.165, 1.54) is 6.07 Å². The minimum absolute atomic E-state index is 0.0349. The molecule has 0 bridgehead atoms. The molecule has 1 aromatic rings. The van der Waals surface area contributed by atoms with Crippen LogP contribution in [-0.4, -0.2) is 34.9 Å². The van der Waals surface area contributed by atoms with Crippen molar-refractivity contribution in [1.82, 2.24) is 4.90 Å². The van der Waals surface area contributed by atoms with E-state index >= 15 is 0 Å². The minimum Gasteiger partial charge on any atom is -0.507 e. The van der Waals surface area contributed by atoms with Gasteiger partial charge in [-0.2, -0.15) is 0 Å². The molecule has 0 saturated carbocycles. The van der Waals surface area contributed by atoms with Gasteiger partial charge in [-0.1, -0.05) is 15.9 Å². The fourth-order valence-electron chi connectivity index (χ4n) is 2.49. The van der Waals surface area contributed by atoms with Crippen molar-refractivity contribution in [2.75, 3.05) is 19.0 Å². The SMILES string of the molecule is O=C(c1cc(Br)ccc1O)N1CCCC(CCCl)C1. The summed E-state index contributed by atoms with van der Waals surface area (Å²) >= 11 is 9.10. The third-order valence-corrected chi connectivity index (χ3v) is 4.22. The molecule has 1 aromatic carbocycles. The van der Waals surface area contributed by atoms with Gasteiger partial charge in [0.05, 0.1) is 5.56 Å². The molecule has 1 aliphatic heterocycles. The Morgan fingerprint density at radius 3 is 3.05 bits per heavy atom. The van der Waals surface area contributed by atoms with E-state index in [9.17, 15) is 9.90 Å². The van der Waals surface area contributed by atoms with E-state index in [4.69, 9.17) is 11.6 Å². The lowest BCUT2D eigenvalue weighted by Crippen LogP contribution is -2.40. The number of likely N-dealkylation sites (tertiary alicyclic amines) is 1. The maximum atomic E-state index is 12.4. The van der Waals surface area contributed by atoms with E-state index in [1.807, 2.05) is 4.90 Å². The summed E-state index contributed by atoms with van der Waals surface area (Å²) in [6.45, 7) is 1.49. The fraction of sp³-hybridized carbons (Fsp3) is 0.500. The van der Waals surface area contributed by atoms with E-state index < -0.39 is 0 Å². The summed E-state index contributed by atoms with van der Waals surface area (Å²) in [7, 11) is 0. The molecule has 0 spiro atoms. The van der Waals surface area contributed by atoms with Crippen LogP contribution in [0.15, 0.2) is 22.7 Å². The molecule has 19 heavy (non-hydrogen) atoms. The molecule has 1 saturated heterocycles. The smallest absolute Gasteiger partial charge is 0.257 e. The molecule has 0 aliphatic carbocycles. The van der Waals surface area contributed by atoms with Crippen LogP contribution in [-0.2, 0) is 0 Å². The molecule has 1 amide bonds. The predicted octanol–water partition coefficient (Wildman–Crippen LogP) is 3.64. The molecular weight excluding hydrogens is 330 g/mol. The van der Waals surface area contributed by atoms with Crippen LogP contribution in [0.4, 0.5) is 0 Å². The van der Waals surface area contributed by atoms with Crippen LogP contribution in [0.2, 0.25) is 0 Å². The number of phenols is 1. The van der Waals surface area contributed by atoms with Gasteiger partial charge in [0.15, 0.2) is 0 Å². The van der Waals surface area contributed by atoms with Gasteiger partial charge < -0.3 is 10.0 Å². The third-order valence-electron chi connectivity index (χ3n) is 3.51. The molecule has 1 fully saturated rings. The van der Waals surface area contributed by atoms with Crippen LogP contribution in [0.1, 0.15) is 29.6 Å². The monoisotopic (exact) mass is 345 g/mol. The first-order chi connectivity index (χ1) is 9.11. The summed E-state index contributed by atoms with van der Waals surface area (Å²) in [6, 6.07) is 4.93. The van der Waals surface area contributed by atoms with E-state index in [2.05, 4.69) is 15.9 Å². The fourth-order valence-corrected chi connectivity index (χ4v) is 3.16. The Kier molecular flexibility index (Phi) is 5.11. The lowest BCUT2D eigenvalue weighted by atomic mass is 9.95. The van der Waals surface area contributed by atoms with Crippen molar-refractivity contribution >= 4 is 33.4 Å². The molecule has 1 atom stereocenters. The Morgan fingerprint density at radius 2 is 2.32 bits per heavy atom. The second-order valence-electron chi connectivity index (χ2n) is 4.90. The molecule has 2 rings (SSSR count). The molecule has 1 unspecified atom stereocenters. The summed E-state index contributed by atoms with van der Waals surface area (Å²) in [6.07, 6.45) is 3.07. The molecule has 0 aromatic heterocycles. The van der Waals surface area contributed by atoms with Gasteiger partial charge in [-0.05, 0) is 43.4 Å². The number of hydrogen-bond donors (Lipinski definition) is 1. The second-order valence-corrected chi connectivity index (χ2v) is 6.19. The van der Waals surface area contributed by atoms with E-state index in [1.54, 1.807) is 12.1 Å². The number of aromatic hydroxyl groups is 1. The van der Waals surface area contributed by atoms with Gasteiger partial charge >= 0.3 is 0 Å². The summed E-state index contributed by atoms with van der Waals surface area (Å²) < 4.78 is 0.794. The van der Waals surface area contributed by atoms with Crippen molar-refractivity contribution in [3.05, 3.63) is 28.2 Å². The molecule has 5 heteroatoms. The highest BCUT2D eigenvalue weighted by Crippen LogP contribution is 2.26. The number of hydrogen-bond acceptors (Lipinski definition) is 2. The minimum atomic E-state index is -0.0990. The first-order valence-electron chi connectivity index (χ1n) is 6.45. The summed E-state index contributed by atoms with van der Waals surface area (Å²) in [5.41, 5.74) is 0.362. The quantitative estimate of drug-likeness (QED) is 0.849. The molecule has 104 valence electrons. The number of benzene rings is 1. The highest BCUT2D eigenvalue weighted by atomic mass is 79.9. The Balaban J connectivity index is 2.12. The Morgan fingerprint density at radius 1 is 1.53 bits per heavy atom. The largest absolute Gasteiger partial charge is 0.507 e. The number of carbonyl (C=O) groups is 1. The van der Waals surface area contributed by atoms with Gasteiger partial charge in [0.2, 0.25) is 0 Å². The number of carbonyl (C=O) groups excluding carboxylic acids is 1. The number of phenolic OH excluding ortho intramolecular Hbond substituents is 1. The molecule has 3 nitrogen and oxygen atoms in total. The Labute approximate surface area is 126 Å². The topological polar surface area (TPSA) is 40.5 Å². The Hall–Kier alpha value is -0.740. The summed E-state index contributed by atoms with van der Waals surface area (Å²) in [5.74, 6) is 1.05. The van der Waals surface area contributed by atoms with Crippen molar-refractivity contribution in [3.63, 3.8) is 0 Å². The van der Waals surface area contributed by atoms with Gasteiger partial charge in [0, 0.05) is 23.4 Å². The van der Waals surface area contributed by atoms with E-state index in [-0.39, 0.29) is 11.7 Å². The zero-order valence-electron chi connectivity index (χ0n) is 10.6. The number of rotatable bonds is 3. The maximum absolute atomic E-state index is 12.4. The van der Waals surface area contributed by atoms with Crippen LogP contribution in [0.25, 0.3) is 0 Å². The first kappa shape index (κ1) is 14.7. The predicted molar refractivity (Wildman–Crippen MR) is 79.8 cm³/mol. The normalized spacial score (nSPS) is 19.5. The molecule has 1 heterocycles. The number of alkyl halides is 1. The van der Waals surface area contributed by atoms with Gasteiger partial charge in [-0.15, -0.1) is 11.6 Å². The molecular formula is C14H17BrClNO2. The molecule has 1 N–H and O–H groups in total. The van der Waals surface area contributed by atoms with Crippen LogP contribution in [0.3, 0.4) is 0 Å². The van der Waals surface area contributed by atoms with Gasteiger partial charge in [0.1, 0.15) is 5.75 Å². The van der Waals surface area contributed by atoms with Gasteiger partial charge in [-0.3, -0.25) is 4.79 Å². The summed E-state index contributed by atoms with van der Waals surface area (Å²) in [5, 5.41) is 9.82. The van der Waals surface area contributed by atoms with E-state index in [0.717, 1.165) is 36.8 Å². The maximum Gasteiger partial charge on any atom is 0.257 e. The van der Waals surface area contributed by atoms with Crippen molar-refractivity contribution in [2.24, 2.45) is 5.92 Å². The van der Waals surface area contributed by atoms with Crippen LogP contribution < -0.4 is 0 Å². The number of halogens is 2. The second kappa shape index (κ2) is 6.62. The Bertz CT molecular complexity index is 465. The number of piperidine rings is 1. The highest BCUT2D eigenvalue weighted by molar-refractivity contribution is 9.10. The number of amides is 1. The average Bonchev–Trinajstić information content (AvgIpc) is 2.41. The lowest BCUT2D eigenvalue weighted by molar-refractivity contribution is 0.0668. The van der Waals surface area contributed by atoms with Crippen LogP contribution >= 0.6 is 27.5 Å². The summed E-state index contributed by atoms with van der Waals surface area (Å²) in [4.78, 5) is 14.3. The molecule has 1 aliphatic rings. The van der Waals surface area contributed by atoms with E-state index in [0.29, 0.717) is 17.4 Å². The highest BCUT2D eigenvalue weighted by Gasteiger charge is 2.25. The van der Waals surface area contributed by atoms with Crippen LogP contribution in [0, 0.1) is 5.92 Å². The van der Waals surface area contributed by atoms with Crippen molar-refractivity contribution in [2.45, 2.75) is 19.3 Å². The number of nitrogens with zero attached hydrogens (tertiary/aromatic N) is 1. The lowest BCUT2D eigenvalue weighted by Gasteiger charge is -2.32. The third kappa shape index (κ3) is 3.63. The van der Waals surface area contributed by atoms with Crippen molar-refractivity contribution in [3.8, 4) is 5.75 Å². The van der Waals surface area contributed by atoms with Crippen molar-refractivity contribution < 1.29 is 9.90 Å². The standard InChI is InChI=1S/C14H17BrClNO2/c15-11-3-4-13(18)12(8-11)14(19)17-7-1-2-10(9-17)5-6-16/h3-4,8,10,18H,1-2,5-7,9H2. The molecule has 0 radical (unpaired) electrons. The average molecular weight is 347 g/mol. The first-order valence-corrected chi connectivity index (χ1v) is 7.78. The zero-order chi connectivity index (χ0) is 13.8. The zero-order valence-corrected chi connectivity index (χ0v) is 13.0. The van der Waals surface area contributed by atoms with Gasteiger partial charge in [0.25, 0.3) is 5.91 Å². The van der Waals surface area contributed by atoms with Gasteiger partial charge in [-0.25, -0.2) is 0 Å². The van der Waals surface area contributed by atoms with Crippen LogP contribution in [0.5, 0.6) is 5.75 Å². The van der Waals surface area contributed by atoms with Crippen molar-refractivity contribution in [1.29, 1.82) is 0 Å².